The van der Waals surface area contributed by atoms with Gasteiger partial charge in [0, 0.05) is 0 Å². The van der Waals surface area contributed by atoms with Gasteiger partial charge in [0.1, 0.15) is 5.82 Å². The maximum Gasteiger partial charge on any atom is 0.126 e. The Kier molecular flexibility index (Phi) is 6.29. The zero-order chi connectivity index (χ0) is 17.6. The molecule has 3 rings (SSSR count). The van der Waals surface area contributed by atoms with Crippen LogP contribution in [0.15, 0.2) is 42.5 Å². The third-order valence-electron chi connectivity index (χ3n) is 5.71. The Balaban J connectivity index is 1.43. The minimum atomic E-state index is -0.0800. The molecular formula is C24H30F. The first-order valence-electron chi connectivity index (χ1n) is 9.77. The molecule has 0 amide bonds. The van der Waals surface area contributed by atoms with E-state index in [2.05, 4.69) is 37.3 Å². The lowest BCUT2D eigenvalue weighted by Crippen LogP contribution is -2.09. The van der Waals surface area contributed by atoms with Gasteiger partial charge in [-0.15, -0.1) is 0 Å². The van der Waals surface area contributed by atoms with Crippen molar-refractivity contribution in [2.75, 3.05) is 0 Å². The molecule has 0 N–H and O–H groups in total. The molecule has 0 saturated heterocycles. The normalized spacial score (nSPS) is 16.3. The summed E-state index contributed by atoms with van der Waals surface area (Å²) in [6.45, 7) is 4.11. The van der Waals surface area contributed by atoms with Crippen molar-refractivity contribution in [3.8, 4) is 0 Å². The first kappa shape index (κ1) is 18.2. The second-order valence-electron chi connectivity index (χ2n) is 7.76. The van der Waals surface area contributed by atoms with E-state index in [1.54, 1.807) is 12.0 Å². The number of hydrogen-bond acceptors (Lipinski definition) is 0. The number of halogens is 1. The van der Waals surface area contributed by atoms with E-state index in [-0.39, 0.29) is 5.82 Å². The molecule has 0 aromatic heterocycles. The second-order valence-corrected chi connectivity index (χ2v) is 7.76. The van der Waals surface area contributed by atoms with E-state index in [1.165, 1.54) is 36.8 Å². The Morgan fingerprint density at radius 3 is 2.08 bits per heavy atom. The predicted octanol–water partition coefficient (Wildman–Crippen LogP) is 6.95. The van der Waals surface area contributed by atoms with Crippen LogP contribution in [0.3, 0.4) is 0 Å². The van der Waals surface area contributed by atoms with Crippen LogP contribution < -0.4 is 0 Å². The highest BCUT2D eigenvalue weighted by Gasteiger charge is 2.19. The van der Waals surface area contributed by atoms with Crippen molar-refractivity contribution in [1.82, 2.24) is 0 Å². The molecule has 25 heavy (non-hydrogen) atoms. The third kappa shape index (κ3) is 5.17. The topological polar surface area (TPSA) is 0 Å². The van der Waals surface area contributed by atoms with Crippen molar-refractivity contribution in [2.45, 2.75) is 71.1 Å². The van der Waals surface area contributed by atoms with Gasteiger partial charge in [0.05, 0.1) is 0 Å². The van der Waals surface area contributed by atoms with Gasteiger partial charge < -0.3 is 0 Å². The zero-order valence-electron chi connectivity index (χ0n) is 15.7. The van der Waals surface area contributed by atoms with Crippen molar-refractivity contribution in [3.05, 3.63) is 76.5 Å². The molecule has 1 aliphatic carbocycles. The summed E-state index contributed by atoms with van der Waals surface area (Å²) in [6, 6.07) is 14.9. The molecule has 0 nitrogen and oxygen atoms in total. The zero-order valence-corrected chi connectivity index (χ0v) is 15.7. The average Bonchev–Trinajstić information content (AvgIpc) is 2.63. The fourth-order valence-corrected chi connectivity index (χ4v) is 3.85. The first-order valence-corrected chi connectivity index (χ1v) is 9.77. The Morgan fingerprint density at radius 2 is 1.44 bits per heavy atom. The monoisotopic (exact) mass is 337 g/mol. The van der Waals surface area contributed by atoms with Gasteiger partial charge >= 0.3 is 0 Å². The van der Waals surface area contributed by atoms with Crippen molar-refractivity contribution in [3.63, 3.8) is 0 Å². The van der Waals surface area contributed by atoms with Crippen LogP contribution in [0.5, 0.6) is 0 Å². The van der Waals surface area contributed by atoms with Crippen LogP contribution in [0.2, 0.25) is 0 Å². The maximum atomic E-state index is 13.6. The molecule has 0 atom stereocenters. The van der Waals surface area contributed by atoms with E-state index >= 15 is 0 Å². The SMILES string of the molecule is C[C]1CCC(c2ccc(CCCCc3ccc(C)c(F)c3)cc2)CC1. The first-order chi connectivity index (χ1) is 12.1. The summed E-state index contributed by atoms with van der Waals surface area (Å²) in [7, 11) is 0. The summed E-state index contributed by atoms with van der Waals surface area (Å²) in [5.41, 5.74) is 4.79. The van der Waals surface area contributed by atoms with Gasteiger partial charge in [-0.2, -0.15) is 0 Å². The number of rotatable bonds is 6. The lowest BCUT2D eigenvalue weighted by atomic mass is 9.79. The van der Waals surface area contributed by atoms with Crippen LogP contribution in [0, 0.1) is 18.7 Å². The van der Waals surface area contributed by atoms with Crippen molar-refractivity contribution < 1.29 is 4.39 Å². The molecule has 1 saturated carbocycles. The Labute approximate surface area is 152 Å². The van der Waals surface area contributed by atoms with Crippen LogP contribution >= 0.6 is 0 Å². The predicted molar refractivity (Wildman–Crippen MR) is 104 cm³/mol. The molecule has 1 aliphatic rings. The summed E-state index contributed by atoms with van der Waals surface area (Å²) >= 11 is 0. The van der Waals surface area contributed by atoms with E-state index in [4.69, 9.17) is 0 Å². The summed E-state index contributed by atoms with van der Waals surface area (Å²) in [6.07, 6.45) is 9.59. The molecule has 133 valence electrons. The molecule has 1 fully saturated rings. The molecule has 1 heteroatoms. The summed E-state index contributed by atoms with van der Waals surface area (Å²) in [5, 5.41) is 0. The lowest BCUT2D eigenvalue weighted by Gasteiger charge is -2.26. The fraction of sp³-hybridized carbons (Fsp3) is 0.458. The summed E-state index contributed by atoms with van der Waals surface area (Å²) in [4.78, 5) is 0. The van der Waals surface area contributed by atoms with E-state index in [1.807, 2.05) is 13.0 Å². The summed E-state index contributed by atoms with van der Waals surface area (Å²) < 4.78 is 13.6. The van der Waals surface area contributed by atoms with Gasteiger partial charge in [0.2, 0.25) is 0 Å². The standard InChI is InChI=1S/C24H30F/c1-18-7-13-22(14-8-18)23-15-11-20(12-16-23)5-3-4-6-21-10-9-19(2)24(25)17-21/h9-12,15-17,22H,3-8,13-14H2,1-2H3. The van der Waals surface area contributed by atoms with Crippen LogP contribution in [-0.4, -0.2) is 0 Å². The highest BCUT2D eigenvalue weighted by atomic mass is 19.1. The molecule has 0 spiro atoms. The molecule has 2 aromatic rings. The van der Waals surface area contributed by atoms with Crippen LogP contribution in [0.1, 0.15) is 73.6 Å². The molecular weight excluding hydrogens is 307 g/mol. The highest BCUT2D eigenvalue weighted by molar-refractivity contribution is 5.27. The van der Waals surface area contributed by atoms with Crippen molar-refractivity contribution in [2.24, 2.45) is 0 Å². The fourth-order valence-electron chi connectivity index (χ4n) is 3.85. The molecule has 0 bridgehead atoms. The average molecular weight is 338 g/mol. The third-order valence-corrected chi connectivity index (χ3v) is 5.71. The van der Waals surface area contributed by atoms with Crippen molar-refractivity contribution >= 4 is 0 Å². The second kappa shape index (κ2) is 8.65. The van der Waals surface area contributed by atoms with E-state index in [0.717, 1.165) is 42.7 Å². The van der Waals surface area contributed by atoms with Crippen LogP contribution in [0.4, 0.5) is 4.39 Å². The van der Waals surface area contributed by atoms with Crippen LogP contribution in [-0.2, 0) is 12.8 Å². The van der Waals surface area contributed by atoms with Gasteiger partial charge in [0.25, 0.3) is 0 Å². The quantitative estimate of drug-likeness (QED) is 0.500. The smallest absolute Gasteiger partial charge is 0.126 e. The maximum absolute atomic E-state index is 13.6. The van der Waals surface area contributed by atoms with Gasteiger partial charge in [0.15, 0.2) is 0 Å². The Bertz CT molecular complexity index is 663. The number of hydrogen-bond donors (Lipinski definition) is 0. The van der Waals surface area contributed by atoms with Gasteiger partial charge in [-0.25, -0.2) is 4.39 Å². The Hall–Kier alpha value is -1.63. The number of benzene rings is 2. The van der Waals surface area contributed by atoms with E-state index < -0.39 is 0 Å². The van der Waals surface area contributed by atoms with E-state index in [0.29, 0.717) is 0 Å². The minimum absolute atomic E-state index is 0.0800. The lowest BCUT2D eigenvalue weighted by molar-refractivity contribution is 0.472. The summed E-state index contributed by atoms with van der Waals surface area (Å²) in [5.74, 6) is 2.35. The minimum Gasteiger partial charge on any atom is -0.207 e. The number of aryl methyl sites for hydroxylation is 3. The molecule has 0 heterocycles. The number of unbranched alkanes of at least 4 members (excludes halogenated alkanes) is 1. The van der Waals surface area contributed by atoms with Crippen LogP contribution in [0.25, 0.3) is 0 Å². The molecule has 0 unspecified atom stereocenters. The molecule has 2 aromatic carbocycles. The Morgan fingerprint density at radius 1 is 0.840 bits per heavy atom. The molecule has 1 radical (unpaired) electrons. The van der Waals surface area contributed by atoms with Gasteiger partial charge in [-0.3, -0.25) is 0 Å². The highest BCUT2D eigenvalue weighted by Crippen LogP contribution is 2.36. The van der Waals surface area contributed by atoms with Gasteiger partial charge in [-0.05, 0) is 98.4 Å². The van der Waals surface area contributed by atoms with E-state index in [9.17, 15) is 4.39 Å². The van der Waals surface area contributed by atoms with Gasteiger partial charge in [-0.1, -0.05) is 43.3 Å². The van der Waals surface area contributed by atoms with Crippen molar-refractivity contribution in [1.29, 1.82) is 0 Å². The molecule has 0 aliphatic heterocycles. The largest absolute Gasteiger partial charge is 0.207 e.